The van der Waals surface area contributed by atoms with Crippen LogP contribution in [0.25, 0.3) is 0 Å². The number of quaternary nitrogens is 1. The molecule has 0 aliphatic heterocycles. The third-order valence-corrected chi connectivity index (χ3v) is 7.24. The number of aliphatic hydroxyl groups is 2. The van der Waals surface area contributed by atoms with Crippen molar-refractivity contribution >= 4 is 0 Å². The Morgan fingerprint density at radius 3 is 1.29 bits per heavy atom. The van der Waals surface area contributed by atoms with E-state index in [0.717, 1.165) is 30.5 Å². The Morgan fingerprint density at radius 1 is 0.571 bits per heavy atom. The summed E-state index contributed by atoms with van der Waals surface area (Å²) in [4.78, 5) is 0. The molecule has 0 saturated carbocycles. The fourth-order valence-electron chi connectivity index (χ4n) is 4.98. The molecular weight excluding hydrogens is 456 g/mol. The summed E-state index contributed by atoms with van der Waals surface area (Å²) in [5, 5.41) is 22.1. The number of nitrogens with one attached hydrogen (secondary N) is 1. The second-order valence-corrected chi connectivity index (χ2v) is 11.5. The molecule has 0 radical (unpaired) electrons. The zero-order chi connectivity index (χ0) is 25.2. The molecule has 0 spiro atoms. The molecule has 5 heteroatoms. The largest absolute Gasteiger partial charge is 1.00 e. The van der Waals surface area contributed by atoms with E-state index in [1.807, 2.05) is 0 Å². The van der Waals surface area contributed by atoms with E-state index >= 15 is 0 Å². The normalized spacial score (nSPS) is 12.6. The average Bonchev–Trinajstić information content (AvgIpc) is 2.81. The Kier molecular flexibility index (Phi) is 30.6. The van der Waals surface area contributed by atoms with Gasteiger partial charge in [0.25, 0.3) is 0 Å². The van der Waals surface area contributed by atoms with Crippen molar-refractivity contribution in [3.05, 3.63) is 0 Å². The molecule has 0 heterocycles. The van der Waals surface area contributed by atoms with Gasteiger partial charge in [0.1, 0.15) is 12.6 Å². The van der Waals surface area contributed by atoms with Gasteiger partial charge in [0, 0.05) is 13.0 Å². The van der Waals surface area contributed by atoms with Gasteiger partial charge in [-0.3, -0.25) is 0 Å². The van der Waals surface area contributed by atoms with E-state index in [-0.39, 0.29) is 19.0 Å². The maximum Gasteiger partial charge on any atom is 0.126 e. The third-order valence-electron chi connectivity index (χ3n) is 7.24. The average molecular weight is 521 g/mol. The summed E-state index contributed by atoms with van der Waals surface area (Å²) in [6, 6.07) is 0. The fraction of sp³-hybridized carbons (Fsp3) is 1.00. The molecule has 0 amide bonds. The van der Waals surface area contributed by atoms with Crippen LogP contribution in [0.2, 0.25) is 0 Å². The minimum atomic E-state index is -0.600. The van der Waals surface area contributed by atoms with Crippen LogP contribution in [0, 0.1) is 0 Å². The van der Waals surface area contributed by atoms with Crippen LogP contribution in [0.5, 0.6) is 0 Å². The van der Waals surface area contributed by atoms with Gasteiger partial charge < -0.3 is 32.4 Å². The number of rotatable bonds is 28. The maximum atomic E-state index is 9.60. The first-order chi connectivity index (χ1) is 16.5. The minimum Gasteiger partial charge on any atom is -1.00 e. The smallest absolute Gasteiger partial charge is 0.126 e. The van der Waals surface area contributed by atoms with Crippen molar-refractivity contribution in [2.24, 2.45) is 0 Å². The first kappa shape index (κ1) is 37.3. The van der Waals surface area contributed by atoms with Crippen LogP contribution in [-0.2, 0) is 0 Å². The van der Waals surface area contributed by atoms with Crippen molar-refractivity contribution < 1.29 is 27.1 Å². The molecule has 4 nitrogen and oxygen atoms in total. The molecule has 0 aliphatic rings. The Hall–Kier alpha value is 0.130. The van der Waals surface area contributed by atoms with Gasteiger partial charge in [-0.1, -0.05) is 129 Å². The molecule has 0 aromatic heterocycles. The Morgan fingerprint density at radius 2 is 0.914 bits per heavy atom. The number of hydrogen-bond acceptors (Lipinski definition) is 3. The summed E-state index contributed by atoms with van der Waals surface area (Å²) < 4.78 is 0.767. The molecule has 0 aromatic rings. The lowest BCUT2D eigenvalue weighted by Crippen LogP contribution is -3.00. The number of nitrogens with zero attached hydrogens (tertiary/aromatic N) is 1. The minimum absolute atomic E-state index is 0. The SMILES string of the molecule is CCCCCCCCCCCCCCCCCCCCCCNCCC[N+](C)(C)CC(O)CO.[Cl-]. The van der Waals surface area contributed by atoms with Gasteiger partial charge in [-0.15, -0.1) is 0 Å². The molecule has 0 saturated heterocycles. The van der Waals surface area contributed by atoms with Crippen LogP contribution in [0.1, 0.15) is 142 Å². The predicted molar refractivity (Wildman–Crippen MR) is 150 cm³/mol. The van der Waals surface area contributed by atoms with Crippen LogP contribution in [0.3, 0.4) is 0 Å². The zero-order valence-electron chi connectivity index (χ0n) is 24.2. The van der Waals surface area contributed by atoms with Crippen molar-refractivity contribution in [1.29, 1.82) is 0 Å². The molecule has 214 valence electrons. The summed E-state index contributed by atoms with van der Waals surface area (Å²) in [6.07, 6.45) is 29.2. The predicted octanol–water partition coefficient (Wildman–Crippen LogP) is 4.22. The molecule has 0 aliphatic carbocycles. The van der Waals surface area contributed by atoms with Crippen LogP contribution < -0.4 is 17.7 Å². The maximum absolute atomic E-state index is 9.60. The topological polar surface area (TPSA) is 52.5 Å². The summed E-state index contributed by atoms with van der Waals surface area (Å²) >= 11 is 0. The monoisotopic (exact) mass is 520 g/mol. The van der Waals surface area contributed by atoms with E-state index in [4.69, 9.17) is 5.11 Å². The van der Waals surface area contributed by atoms with E-state index in [1.54, 1.807) is 0 Å². The van der Waals surface area contributed by atoms with Gasteiger partial charge in [0.15, 0.2) is 0 Å². The van der Waals surface area contributed by atoms with Crippen LogP contribution >= 0.6 is 0 Å². The number of aliphatic hydroxyl groups excluding tert-OH is 2. The van der Waals surface area contributed by atoms with Crippen molar-refractivity contribution in [1.82, 2.24) is 5.32 Å². The van der Waals surface area contributed by atoms with Gasteiger partial charge in [-0.25, -0.2) is 0 Å². The molecule has 0 bridgehead atoms. The summed E-state index contributed by atoms with van der Waals surface area (Å²) in [5.74, 6) is 0. The number of likely N-dealkylation sites (N-methyl/N-ethyl adjacent to an activating group) is 1. The van der Waals surface area contributed by atoms with Crippen molar-refractivity contribution in [3.8, 4) is 0 Å². The summed E-state index contributed by atoms with van der Waals surface area (Å²) in [7, 11) is 4.25. The van der Waals surface area contributed by atoms with E-state index in [0.29, 0.717) is 6.54 Å². The highest BCUT2D eigenvalue weighted by atomic mass is 35.5. The summed E-state index contributed by atoms with van der Waals surface area (Å²) in [6.45, 7) is 5.99. The first-order valence-corrected chi connectivity index (χ1v) is 15.3. The van der Waals surface area contributed by atoms with Crippen LogP contribution in [0.15, 0.2) is 0 Å². The van der Waals surface area contributed by atoms with E-state index < -0.39 is 6.10 Å². The van der Waals surface area contributed by atoms with Gasteiger partial charge >= 0.3 is 0 Å². The lowest BCUT2D eigenvalue weighted by molar-refractivity contribution is -0.893. The van der Waals surface area contributed by atoms with E-state index in [2.05, 4.69) is 26.3 Å². The van der Waals surface area contributed by atoms with Crippen LogP contribution in [-0.4, -0.2) is 67.7 Å². The van der Waals surface area contributed by atoms with Crippen molar-refractivity contribution in [3.63, 3.8) is 0 Å². The Labute approximate surface area is 227 Å². The third kappa shape index (κ3) is 30.2. The lowest BCUT2D eigenvalue weighted by atomic mass is 10.0. The second-order valence-electron chi connectivity index (χ2n) is 11.5. The second kappa shape index (κ2) is 28.7. The number of hydrogen-bond donors (Lipinski definition) is 3. The van der Waals surface area contributed by atoms with Gasteiger partial charge in [-0.2, -0.15) is 0 Å². The quantitative estimate of drug-likeness (QED) is 0.107. The molecule has 0 fully saturated rings. The molecule has 1 atom stereocenters. The van der Waals surface area contributed by atoms with Gasteiger partial charge in [0.2, 0.25) is 0 Å². The molecule has 35 heavy (non-hydrogen) atoms. The number of unbranched alkanes of at least 4 members (excludes halogenated alkanes) is 19. The lowest BCUT2D eigenvalue weighted by Gasteiger charge is -2.31. The van der Waals surface area contributed by atoms with Gasteiger partial charge in [-0.05, 0) is 13.0 Å². The Balaban J connectivity index is 0. The van der Waals surface area contributed by atoms with Crippen LogP contribution in [0.4, 0.5) is 0 Å². The van der Waals surface area contributed by atoms with E-state index in [9.17, 15) is 5.11 Å². The fourth-order valence-corrected chi connectivity index (χ4v) is 4.98. The molecular formula is C30H65ClN2O2. The zero-order valence-corrected chi connectivity index (χ0v) is 24.9. The van der Waals surface area contributed by atoms with Gasteiger partial charge in [0.05, 0.1) is 27.2 Å². The van der Waals surface area contributed by atoms with E-state index in [1.165, 1.54) is 128 Å². The van der Waals surface area contributed by atoms with Crippen molar-refractivity contribution in [2.45, 2.75) is 148 Å². The molecule has 3 N–H and O–H groups in total. The summed E-state index contributed by atoms with van der Waals surface area (Å²) in [5.41, 5.74) is 0. The van der Waals surface area contributed by atoms with Crippen molar-refractivity contribution in [2.75, 3.05) is 46.9 Å². The standard InChI is InChI=1S/C30H65N2O2.ClH/c1-4-5-6-7-8-9-10-11-12-13-14-15-16-17-18-19-20-21-22-23-25-31-26-24-27-32(2,3)28-30(34)29-33;/h30-31,33-34H,4-29H2,1-3H3;1H/q+1;/p-1. The highest BCUT2D eigenvalue weighted by Gasteiger charge is 2.19. The first-order valence-electron chi connectivity index (χ1n) is 15.3. The highest BCUT2D eigenvalue weighted by molar-refractivity contribution is 4.54. The molecule has 1 unspecified atom stereocenters. The Bertz CT molecular complexity index is 397. The molecule has 0 aromatic carbocycles. The molecule has 0 rings (SSSR count). The number of halogens is 1. The highest BCUT2D eigenvalue weighted by Crippen LogP contribution is 2.14.